The van der Waals surface area contributed by atoms with E-state index in [9.17, 15) is 9.59 Å². The van der Waals surface area contributed by atoms with Gasteiger partial charge in [0.25, 0.3) is 0 Å². The Morgan fingerprint density at radius 3 is 2.28 bits per heavy atom. The molecular weight excluding hydrogens is 228 g/mol. The van der Waals surface area contributed by atoms with Crippen LogP contribution in [0.1, 0.15) is 32.4 Å². The molecule has 0 saturated carbocycles. The third kappa shape index (κ3) is 2.21. The van der Waals surface area contributed by atoms with Crippen molar-refractivity contribution in [1.82, 2.24) is 0 Å². The van der Waals surface area contributed by atoms with Gasteiger partial charge in [-0.25, -0.2) is 0 Å². The first-order chi connectivity index (χ1) is 8.50. The van der Waals surface area contributed by atoms with Gasteiger partial charge in [-0.2, -0.15) is 0 Å². The van der Waals surface area contributed by atoms with E-state index in [1.807, 2.05) is 37.3 Å². The normalized spacial score (nSPS) is 12.9. The first-order valence-corrected chi connectivity index (χ1v) is 6.00. The average Bonchev–Trinajstić information content (AvgIpc) is 2.71. The van der Waals surface area contributed by atoms with Crippen LogP contribution < -0.4 is 0 Å². The molecule has 3 nitrogen and oxygen atoms in total. The lowest BCUT2D eigenvalue weighted by molar-refractivity contribution is -0.131. The van der Waals surface area contributed by atoms with Crippen molar-refractivity contribution in [2.45, 2.75) is 26.7 Å². The smallest absolute Gasteiger partial charge is 0.140 e. The molecule has 94 valence electrons. The third-order valence-corrected chi connectivity index (χ3v) is 3.27. The lowest BCUT2D eigenvalue weighted by Gasteiger charge is -2.16. The molecule has 0 N–H and O–H groups in total. The minimum Gasteiger partial charge on any atom is -0.461 e. The third-order valence-electron chi connectivity index (χ3n) is 3.27. The second kappa shape index (κ2) is 4.77. The predicted molar refractivity (Wildman–Crippen MR) is 69.5 cm³/mol. The van der Waals surface area contributed by atoms with Crippen molar-refractivity contribution in [1.29, 1.82) is 0 Å². The zero-order valence-electron chi connectivity index (χ0n) is 10.8. The second-order valence-electron chi connectivity index (χ2n) is 4.67. The number of hydrogen-bond donors (Lipinski definition) is 0. The van der Waals surface area contributed by atoms with E-state index in [0.29, 0.717) is 5.76 Å². The zero-order chi connectivity index (χ0) is 13.3. The maximum absolute atomic E-state index is 11.6. The van der Waals surface area contributed by atoms with Crippen LogP contribution in [0.2, 0.25) is 0 Å². The lowest BCUT2D eigenvalue weighted by atomic mass is 9.86. The summed E-state index contributed by atoms with van der Waals surface area (Å²) in [5, 5.41) is 0.991. The molecule has 0 amide bonds. The van der Waals surface area contributed by atoms with E-state index in [-0.39, 0.29) is 17.5 Å². The van der Waals surface area contributed by atoms with E-state index in [1.165, 1.54) is 13.8 Å². The van der Waals surface area contributed by atoms with Gasteiger partial charge in [0.05, 0.1) is 5.92 Å². The summed E-state index contributed by atoms with van der Waals surface area (Å²) >= 11 is 0. The van der Waals surface area contributed by atoms with Crippen LogP contribution in [0.3, 0.4) is 0 Å². The van der Waals surface area contributed by atoms with E-state index in [1.54, 1.807) is 0 Å². The fourth-order valence-corrected chi connectivity index (χ4v) is 2.38. The molecule has 0 spiro atoms. The van der Waals surface area contributed by atoms with E-state index >= 15 is 0 Å². The lowest BCUT2D eigenvalue weighted by Crippen LogP contribution is -2.25. The van der Waals surface area contributed by atoms with E-state index in [2.05, 4.69) is 0 Å². The summed E-state index contributed by atoms with van der Waals surface area (Å²) in [6.45, 7) is 4.75. The van der Waals surface area contributed by atoms with Crippen LogP contribution in [-0.4, -0.2) is 11.6 Å². The molecule has 1 atom stereocenters. The highest BCUT2D eigenvalue weighted by Crippen LogP contribution is 2.30. The Morgan fingerprint density at radius 2 is 1.72 bits per heavy atom. The molecule has 0 aliphatic carbocycles. The monoisotopic (exact) mass is 244 g/mol. The molecule has 0 aliphatic heterocycles. The number of benzene rings is 1. The Hall–Kier alpha value is -1.90. The van der Waals surface area contributed by atoms with Crippen LogP contribution in [0.4, 0.5) is 0 Å². The highest BCUT2D eigenvalue weighted by molar-refractivity contribution is 6.01. The largest absolute Gasteiger partial charge is 0.461 e. The minimum atomic E-state index is -0.620. The molecule has 18 heavy (non-hydrogen) atoms. The second-order valence-corrected chi connectivity index (χ2v) is 4.67. The van der Waals surface area contributed by atoms with E-state index in [0.717, 1.165) is 11.0 Å². The van der Waals surface area contributed by atoms with Gasteiger partial charge in [0.15, 0.2) is 0 Å². The Kier molecular flexibility index (Phi) is 3.32. The van der Waals surface area contributed by atoms with Crippen molar-refractivity contribution < 1.29 is 14.0 Å². The number of para-hydroxylation sites is 1. The van der Waals surface area contributed by atoms with Crippen LogP contribution in [-0.2, 0) is 9.59 Å². The summed E-state index contributed by atoms with van der Waals surface area (Å²) in [7, 11) is 0. The van der Waals surface area contributed by atoms with Crippen molar-refractivity contribution in [2.75, 3.05) is 0 Å². The van der Waals surface area contributed by atoms with Gasteiger partial charge in [0.2, 0.25) is 0 Å². The molecule has 3 heteroatoms. The number of hydrogen-bond acceptors (Lipinski definition) is 3. The maximum Gasteiger partial charge on any atom is 0.140 e. The van der Waals surface area contributed by atoms with Crippen molar-refractivity contribution in [3.05, 3.63) is 36.1 Å². The molecule has 2 aromatic rings. The Bertz CT molecular complexity index is 548. The highest BCUT2D eigenvalue weighted by atomic mass is 16.3. The van der Waals surface area contributed by atoms with Gasteiger partial charge in [-0.05, 0) is 26.0 Å². The van der Waals surface area contributed by atoms with Gasteiger partial charge in [-0.15, -0.1) is 0 Å². The quantitative estimate of drug-likeness (QED) is 0.775. The van der Waals surface area contributed by atoms with Gasteiger partial charge in [0, 0.05) is 11.3 Å². The van der Waals surface area contributed by atoms with Gasteiger partial charge in [-0.3, -0.25) is 9.59 Å². The number of Topliss-reactive ketones (excluding diaryl/α,β-unsaturated/α-hetero) is 2. The highest BCUT2D eigenvalue weighted by Gasteiger charge is 2.29. The van der Waals surface area contributed by atoms with Crippen molar-refractivity contribution in [3.63, 3.8) is 0 Å². The molecule has 1 aromatic heterocycles. The van der Waals surface area contributed by atoms with Gasteiger partial charge < -0.3 is 4.42 Å². The van der Waals surface area contributed by atoms with E-state index < -0.39 is 5.92 Å². The van der Waals surface area contributed by atoms with Crippen LogP contribution in [0.25, 0.3) is 11.0 Å². The molecular formula is C15H16O3. The maximum atomic E-state index is 11.6. The summed E-state index contributed by atoms with van der Waals surface area (Å²) in [6, 6.07) is 9.56. The molecule has 1 aromatic carbocycles. The molecule has 0 aliphatic rings. The summed E-state index contributed by atoms with van der Waals surface area (Å²) in [6.07, 6.45) is 0. The Balaban J connectivity index is 2.40. The molecule has 0 saturated heterocycles. The number of fused-ring (bicyclic) bond motifs is 1. The van der Waals surface area contributed by atoms with Gasteiger partial charge in [0.1, 0.15) is 22.9 Å². The number of carbonyl (C=O) groups excluding carboxylic acids is 2. The SMILES string of the molecule is CC(=O)C(C(C)=O)C(C)c1cc2ccccc2o1. The Morgan fingerprint density at radius 1 is 1.11 bits per heavy atom. The average molecular weight is 244 g/mol. The van der Waals surface area contributed by atoms with Crippen molar-refractivity contribution in [3.8, 4) is 0 Å². The number of furan rings is 1. The van der Waals surface area contributed by atoms with Gasteiger partial charge in [-0.1, -0.05) is 25.1 Å². The van der Waals surface area contributed by atoms with Crippen LogP contribution in [0.5, 0.6) is 0 Å². The van der Waals surface area contributed by atoms with Crippen molar-refractivity contribution >= 4 is 22.5 Å². The van der Waals surface area contributed by atoms with Crippen LogP contribution in [0.15, 0.2) is 34.7 Å². The fraction of sp³-hybridized carbons (Fsp3) is 0.333. The molecule has 2 rings (SSSR count). The number of rotatable bonds is 4. The number of ketones is 2. The summed E-state index contributed by atoms with van der Waals surface area (Å²) in [5.41, 5.74) is 0.783. The first-order valence-electron chi connectivity index (χ1n) is 6.00. The molecule has 1 unspecified atom stereocenters. The number of carbonyl (C=O) groups is 2. The molecule has 0 radical (unpaired) electrons. The fourth-order valence-electron chi connectivity index (χ4n) is 2.38. The topological polar surface area (TPSA) is 47.3 Å². The summed E-state index contributed by atoms with van der Waals surface area (Å²) in [5.74, 6) is -0.393. The first kappa shape index (κ1) is 12.6. The minimum absolute atomic E-state index is 0.115. The van der Waals surface area contributed by atoms with Crippen LogP contribution in [0, 0.1) is 5.92 Å². The van der Waals surface area contributed by atoms with Gasteiger partial charge >= 0.3 is 0 Å². The van der Waals surface area contributed by atoms with Crippen LogP contribution >= 0.6 is 0 Å². The summed E-state index contributed by atoms with van der Waals surface area (Å²) in [4.78, 5) is 23.1. The zero-order valence-corrected chi connectivity index (χ0v) is 10.8. The predicted octanol–water partition coefficient (Wildman–Crippen LogP) is 3.33. The molecule has 0 bridgehead atoms. The van der Waals surface area contributed by atoms with E-state index in [4.69, 9.17) is 4.42 Å². The molecule has 0 fully saturated rings. The Labute approximate surface area is 106 Å². The molecule has 1 heterocycles. The van der Waals surface area contributed by atoms with Crippen molar-refractivity contribution in [2.24, 2.45) is 5.92 Å². The standard InChI is InChI=1S/C15H16O3/c1-9(15(10(2)16)11(3)17)14-8-12-6-4-5-7-13(12)18-14/h4-9,15H,1-3H3. The summed E-state index contributed by atoms with van der Waals surface area (Å²) < 4.78 is 5.71.